The molecule has 0 aliphatic rings. The highest BCUT2D eigenvalue weighted by molar-refractivity contribution is 7.92. The summed E-state index contributed by atoms with van der Waals surface area (Å²) in [5, 5.41) is -0.287. The highest BCUT2D eigenvalue weighted by Gasteiger charge is 2.20. The Balaban J connectivity index is 2.35. The van der Waals surface area contributed by atoms with E-state index in [1.807, 2.05) is 0 Å². The van der Waals surface area contributed by atoms with Crippen molar-refractivity contribution in [1.82, 2.24) is 0 Å². The van der Waals surface area contributed by atoms with Gasteiger partial charge in [-0.3, -0.25) is 0 Å². The summed E-state index contributed by atoms with van der Waals surface area (Å²) in [6.45, 7) is 7.98. The summed E-state index contributed by atoms with van der Waals surface area (Å²) >= 11 is 6.03. The second-order valence-corrected chi connectivity index (χ2v) is 10.9. The number of ether oxygens (including phenoxy) is 2. The standard InChI is InChI=1S/C23H24ClFO5S/c1-15(2)31(27,28)19-9-10-20(25)16(13-19)6-7-17-12-18(24)8-11-21(17)29-14-22(26)30-23(3,4)5/h8-13,15H,14H2,1-5H3. The molecule has 0 aliphatic carbocycles. The monoisotopic (exact) mass is 466 g/mol. The van der Waals surface area contributed by atoms with Crippen molar-refractivity contribution < 1.29 is 27.1 Å². The average molecular weight is 467 g/mol. The molecule has 0 amide bonds. The minimum atomic E-state index is -3.58. The van der Waals surface area contributed by atoms with Crippen LogP contribution in [0.4, 0.5) is 4.39 Å². The number of benzene rings is 2. The van der Waals surface area contributed by atoms with Gasteiger partial charge in [0.05, 0.1) is 21.3 Å². The summed E-state index contributed by atoms with van der Waals surface area (Å²) in [7, 11) is -3.58. The lowest BCUT2D eigenvalue weighted by Gasteiger charge is -2.19. The topological polar surface area (TPSA) is 69.7 Å². The molecular weight excluding hydrogens is 443 g/mol. The van der Waals surface area contributed by atoms with E-state index in [1.54, 1.807) is 40.7 Å². The lowest BCUT2D eigenvalue weighted by Crippen LogP contribution is -2.27. The fraction of sp³-hybridized carbons (Fsp3) is 0.348. The SMILES string of the molecule is CC(C)S(=O)(=O)c1ccc(F)c(C#Cc2cc(Cl)ccc2OCC(=O)OC(C)(C)C)c1. The van der Waals surface area contributed by atoms with Crippen LogP contribution in [0.15, 0.2) is 41.3 Å². The van der Waals surface area contributed by atoms with Gasteiger partial charge in [-0.25, -0.2) is 17.6 Å². The lowest BCUT2D eigenvalue weighted by molar-refractivity contribution is -0.157. The molecule has 0 radical (unpaired) electrons. The summed E-state index contributed by atoms with van der Waals surface area (Å²) < 4.78 is 49.7. The predicted molar refractivity (Wildman–Crippen MR) is 117 cm³/mol. The number of halogens is 2. The third-order valence-corrected chi connectivity index (χ3v) is 6.31. The van der Waals surface area contributed by atoms with Crippen molar-refractivity contribution in [3.05, 3.63) is 58.4 Å². The maximum absolute atomic E-state index is 14.2. The fourth-order valence-electron chi connectivity index (χ4n) is 2.42. The van der Waals surface area contributed by atoms with Crippen molar-refractivity contribution in [1.29, 1.82) is 0 Å². The quantitative estimate of drug-likeness (QED) is 0.360. The first-order valence-electron chi connectivity index (χ1n) is 9.49. The molecule has 0 aromatic heterocycles. The largest absolute Gasteiger partial charge is 0.481 e. The molecule has 2 aromatic carbocycles. The Morgan fingerprint density at radius 2 is 1.74 bits per heavy atom. The number of rotatable bonds is 5. The molecular formula is C23H24ClFO5S. The molecule has 0 bridgehead atoms. The third kappa shape index (κ3) is 6.98. The van der Waals surface area contributed by atoms with E-state index in [4.69, 9.17) is 21.1 Å². The van der Waals surface area contributed by atoms with E-state index < -0.39 is 32.5 Å². The molecule has 0 fully saturated rings. The van der Waals surface area contributed by atoms with Gasteiger partial charge in [0.2, 0.25) is 0 Å². The number of carbonyl (C=O) groups is 1. The molecule has 0 atom stereocenters. The predicted octanol–water partition coefficient (Wildman–Crippen LogP) is 4.78. The maximum atomic E-state index is 14.2. The summed E-state index contributed by atoms with van der Waals surface area (Å²) in [4.78, 5) is 11.9. The molecule has 166 valence electrons. The summed E-state index contributed by atoms with van der Waals surface area (Å²) in [5.74, 6) is 4.42. The summed E-state index contributed by atoms with van der Waals surface area (Å²) in [6.07, 6.45) is 0. The summed E-state index contributed by atoms with van der Waals surface area (Å²) in [6, 6.07) is 8.08. The van der Waals surface area contributed by atoms with Gasteiger partial charge in [0.15, 0.2) is 16.4 Å². The Bertz CT molecular complexity index is 1140. The van der Waals surface area contributed by atoms with E-state index in [0.29, 0.717) is 10.6 Å². The van der Waals surface area contributed by atoms with Crippen LogP contribution in [0.1, 0.15) is 45.7 Å². The Kier molecular flexibility index (Phi) is 7.74. The van der Waals surface area contributed by atoms with Crippen LogP contribution < -0.4 is 4.74 Å². The molecule has 2 rings (SSSR count). The first-order chi connectivity index (χ1) is 14.3. The van der Waals surface area contributed by atoms with Crippen molar-refractivity contribution in [2.24, 2.45) is 0 Å². The molecule has 0 unspecified atom stereocenters. The van der Waals surface area contributed by atoms with Gasteiger partial charge < -0.3 is 9.47 Å². The van der Waals surface area contributed by atoms with Gasteiger partial charge in [0.25, 0.3) is 0 Å². The van der Waals surface area contributed by atoms with Crippen molar-refractivity contribution >= 4 is 27.4 Å². The number of sulfone groups is 1. The van der Waals surface area contributed by atoms with E-state index in [0.717, 1.165) is 6.07 Å². The van der Waals surface area contributed by atoms with Crippen LogP contribution in [0, 0.1) is 17.7 Å². The van der Waals surface area contributed by atoms with Gasteiger partial charge in [0, 0.05) is 5.02 Å². The van der Waals surface area contributed by atoms with Gasteiger partial charge in [-0.05, 0) is 71.0 Å². The van der Waals surface area contributed by atoms with Crippen LogP contribution >= 0.6 is 11.6 Å². The Morgan fingerprint density at radius 1 is 1.10 bits per heavy atom. The zero-order valence-electron chi connectivity index (χ0n) is 18.0. The van der Waals surface area contributed by atoms with Gasteiger partial charge in [-0.2, -0.15) is 0 Å². The van der Waals surface area contributed by atoms with E-state index >= 15 is 0 Å². The molecule has 31 heavy (non-hydrogen) atoms. The minimum Gasteiger partial charge on any atom is -0.481 e. The fourth-order valence-corrected chi connectivity index (χ4v) is 3.67. The molecule has 8 heteroatoms. The maximum Gasteiger partial charge on any atom is 0.344 e. The normalized spacial score (nSPS) is 11.6. The molecule has 0 N–H and O–H groups in total. The number of carbonyl (C=O) groups excluding carboxylic acids is 1. The first-order valence-corrected chi connectivity index (χ1v) is 11.4. The zero-order valence-corrected chi connectivity index (χ0v) is 19.5. The third-order valence-electron chi connectivity index (χ3n) is 3.93. The second kappa shape index (κ2) is 9.71. The van der Waals surface area contributed by atoms with Gasteiger partial charge in [-0.1, -0.05) is 23.4 Å². The average Bonchev–Trinajstić information content (AvgIpc) is 2.64. The van der Waals surface area contributed by atoms with E-state index in [9.17, 15) is 17.6 Å². The summed E-state index contributed by atoms with van der Waals surface area (Å²) in [5.41, 5.74) is -0.422. The molecule has 0 aliphatic heterocycles. The first kappa shape index (κ1) is 24.7. The Hall–Kier alpha value is -2.56. The molecule has 5 nitrogen and oxygen atoms in total. The number of hydrogen-bond donors (Lipinski definition) is 0. The number of hydrogen-bond acceptors (Lipinski definition) is 5. The number of esters is 1. The molecule has 0 saturated carbocycles. The van der Waals surface area contributed by atoms with Crippen LogP contribution in [-0.4, -0.2) is 31.8 Å². The molecule has 0 spiro atoms. The van der Waals surface area contributed by atoms with Crippen LogP contribution in [0.2, 0.25) is 5.02 Å². The second-order valence-electron chi connectivity index (χ2n) is 8.00. The van der Waals surface area contributed by atoms with Gasteiger partial charge in [-0.15, -0.1) is 0 Å². The Labute approximate surface area is 187 Å². The van der Waals surface area contributed by atoms with Crippen LogP contribution in [0.25, 0.3) is 0 Å². The van der Waals surface area contributed by atoms with Crippen LogP contribution in [0.5, 0.6) is 5.75 Å². The van der Waals surface area contributed by atoms with Crippen molar-refractivity contribution in [3.63, 3.8) is 0 Å². The zero-order chi connectivity index (χ0) is 23.4. The highest BCUT2D eigenvalue weighted by Crippen LogP contribution is 2.23. The Morgan fingerprint density at radius 3 is 2.35 bits per heavy atom. The smallest absolute Gasteiger partial charge is 0.344 e. The van der Waals surface area contributed by atoms with Gasteiger partial charge >= 0.3 is 5.97 Å². The molecule has 2 aromatic rings. The highest BCUT2D eigenvalue weighted by atomic mass is 35.5. The lowest BCUT2D eigenvalue weighted by atomic mass is 10.1. The van der Waals surface area contributed by atoms with Crippen LogP contribution in [0.3, 0.4) is 0 Å². The van der Waals surface area contributed by atoms with E-state index in [1.165, 1.54) is 24.3 Å². The van der Waals surface area contributed by atoms with E-state index in [-0.39, 0.29) is 22.8 Å². The molecule has 0 heterocycles. The molecule has 0 saturated heterocycles. The minimum absolute atomic E-state index is 0.0132. The van der Waals surface area contributed by atoms with Crippen molar-refractivity contribution in [2.75, 3.05) is 6.61 Å². The van der Waals surface area contributed by atoms with Gasteiger partial charge in [0.1, 0.15) is 17.2 Å². The van der Waals surface area contributed by atoms with Crippen molar-refractivity contribution in [2.45, 2.75) is 50.4 Å². The van der Waals surface area contributed by atoms with E-state index in [2.05, 4.69) is 11.8 Å². The van der Waals surface area contributed by atoms with Crippen molar-refractivity contribution in [3.8, 4) is 17.6 Å². The van der Waals surface area contributed by atoms with Crippen LogP contribution in [-0.2, 0) is 19.4 Å².